The Morgan fingerprint density at radius 3 is 3.11 bits per heavy atom. The van der Waals surface area contributed by atoms with E-state index >= 15 is 0 Å². The van der Waals surface area contributed by atoms with Crippen LogP contribution in [0, 0.1) is 5.92 Å². The standard InChI is InChI=1S/C15H20N2O/c1-10(8-11-2-3-11)17-15(18)13-4-5-14-12(9-13)6-7-16-14/h4-5,9-11,16H,2-3,6-8H2,1H3,(H,17,18). The fourth-order valence-electron chi connectivity index (χ4n) is 2.67. The van der Waals surface area contributed by atoms with Crippen molar-refractivity contribution in [3.8, 4) is 0 Å². The molecule has 1 amide bonds. The third-order valence-electron chi connectivity index (χ3n) is 3.84. The molecule has 0 spiro atoms. The first-order valence-electron chi connectivity index (χ1n) is 6.90. The monoisotopic (exact) mass is 244 g/mol. The van der Waals surface area contributed by atoms with Gasteiger partial charge in [-0.15, -0.1) is 0 Å². The number of benzene rings is 1. The van der Waals surface area contributed by atoms with Crippen LogP contribution in [0.3, 0.4) is 0 Å². The number of anilines is 1. The van der Waals surface area contributed by atoms with Crippen LogP contribution in [0.2, 0.25) is 0 Å². The number of rotatable bonds is 4. The molecule has 1 saturated carbocycles. The first-order valence-corrected chi connectivity index (χ1v) is 6.90. The van der Waals surface area contributed by atoms with E-state index in [0.29, 0.717) is 0 Å². The molecule has 0 bridgehead atoms. The van der Waals surface area contributed by atoms with Gasteiger partial charge in [0.25, 0.3) is 5.91 Å². The van der Waals surface area contributed by atoms with Crippen LogP contribution in [0.15, 0.2) is 18.2 Å². The van der Waals surface area contributed by atoms with Gasteiger partial charge >= 0.3 is 0 Å². The average molecular weight is 244 g/mol. The summed E-state index contributed by atoms with van der Waals surface area (Å²) >= 11 is 0. The number of amides is 1. The lowest BCUT2D eigenvalue weighted by molar-refractivity contribution is 0.0937. The molecule has 1 heterocycles. The summed E-state index contributed by atoms with van der Waals surface area (Å²) in [5.74, 6) is 0.919. The molecule has 3 nitrogen and oxygen atoms in total. The highest BCUT2D eigenvalue weighted by Gasteiger charge is 2.24. The van der Waals surface area contributed by atoms with Crippen molar-refractivity contribution in [2.75, 3.05) is 11.9 Å². The second-order valence-electron chi connectivity index (χ2n) is 5.60. The molecule has 1 fully saturated rings. The summed E-state index contributed by atoms with van der Waals surface area (Å²) in [4.78, 5) is 12.1. The van der Waals surface area contributed by atoms with Crippen LogP contribution in [0.25, 0.3) is 0 Å². The molecule has 1 aliphatic heterocycles. The topological polar surface area (TPSA) is 41.1 Å². The summed E-state index contributed by atoms with van der Waals surface area (Å²) in [6.07, 6.45) is 4.82. The summed E-state index contributed by atoms with van der Waals surface area (Å²) in [7, 11) is 0. The number of hydrogen-bond acceptors (Lipinski definition) is 2. The molecule has 1 aliphatic carbocycles. The number of carbonyl (C=O) groups is 1. The molecule has 1 aromatic carbocycles. The van der Waals surface area contributed by atoms with Crippen LogP contribution in [0.1, 0.15) is 42.1 Å². The largest absolute Gasteiger partial charge is 0.384 e. The van der Waals surface area contributed by atoms with E-state index in [9.17, 15) is 4.79 Å². The molecular weight excluding hydrogens is 224 g/mol. The van der Waals surface area contributed by atoms with E-state index in [1.54, 1.807) is 0 Å². The second-order valence-corrected chi connectivity index (χ2v) is 5.60. The highest BCUT2D eigenvalue weighted by molar-refractivity contribution is 5.95. The Bertz CT molecular complexity index is 466. The van der Waals surface area contributed by atoms with Crippen LogP contribution >= 0.6 is 0 Å². The lowest BCUT2D eigenvalue weighted by Crippen LogP contribution is -2.32. The minimum Gasteiger partial charge on any atom is -0.384 e. The van der Waals surface area contributed by atoms with Gasteiger partial charge in [-0.1, -0.05) is 12.8 Å². The van der Waals surface area contributed by atoms with Crippen LogP contribution in [0.4, 0.5) is 5.69 Å². The zero-order valence-corrected chi connectivity index (χ0v) is 10.8. The third-order valence-corrected chi connectivity index (χ3v) is 3.84. The Hall–Kier alpha value is -1.51. The van der Waals surface area contributed by atoms with Crippen LogP contribution in [0.5, 0.6) is 0 Å². The third kappa shape index (κ3) is 2.50. The van der Waals surface area contributed by atoms with Crippen molar-refractivity contribution in [2.45, 2.75) is 38.6 Å². The second kappa shape index (κ2) is 4.63. The van der Waals surface area contributed by atoms with Gasteiger partial charge in [0.05, 0.1) is 0 Å². The molecule has 0 aromatic heterocycles. The van der Waals surface area contributed by atoms with Crippen LogP contribution < -0.4 is 10.6 Å². The van der Waals surface area contributed by atoms with Crippen molar-refractivity contribution >= 4 is 11.6 Å². The number of nitrogens with one attached hydrogen (secondary N) is 2. The fourth-order valence-corrected chi connectivity index (χ4v) is 2.67. The Morgan fingerprint density at radius 2 is 2.33 bits per heavy atom. The Balaban J connectivity index is 1.64. The molecule has 18 heavy (non-hydrogen) atoms. The predicted molar refractivity (Wildman–Crippen MR) is 72.9 cm³/mol. The summed E-state index contributed by atoms with van der Waals surface area (Å²) in [5.41, 5.74) is 3.23. The summed E-state index contributed by atoms with van der Waals surface area (Å²) in [6.45, 7) is 3.09. The van der Waals surface area contributed by atoms with Crippen molar-refractivity contribution < 1.29 is 4.79 Å². The van der Waals surface area contributed by atoms with E-state index in [0.717, 1.165) is 30.9 Å². The maximum atomic E-state index is 12.1. The smallest absolute Gasteiger partial charge is 0.251 e. The van der Waals surface area contributed by atoms with Gasteiger partial charge in [-0.2, -0.15) is 0 Å². The maximum Gasteiger partial charge on any atom is 0.251 e. The van der Waals surface area contributed by atoms with Gasteiger partial charge in [0.1, 0.15) is 0 Å². The van der Waals surface area contributed by atoms with Crippen LogP contribution in [-0.2, 0) is 6.42 Å². The number of carbonyl (C=O) groups excluding carboxylic acids is 1. The SMILES string of the molecule is CC(CC1CC1)NC(=O)c1ccc2c(c1)CCN2. The molecular formula is C15H20N2O. The van der Waals surface area contributed by atoms with Crippen molar-refractivity contribution in [1.82, 2.24) is 5.32 Å². The minimum atomic E-state index is 0.0675. The quantitative estimate of drug-likeness (QED) is 0.854. The van der Waals surface area contributed by atoms with Gasteiger partial charge in [0.2, 0.25) is 0 Å². The van der Waals surface area contributed by atoms with Crippen molar-refractivity contribution in [1.29, 1.82) is 0 Å². The Morgan fingerprint density at radius 1 is 1.50 bits per heavy atom. The highest BCUT2D eigenvalue weighted by atomic mass is 16.1. The van der Waals surface area contributed by atoms with Gasteiger partial charge in [0.15, 0.2) is 0 Å². The normalized spacial score (nSPS) is 18.9. The summed E-state index contributed by atoms with van der Waals surface area (Å²) in [6, 6.07) is 6.24. The summed E-state index contributed by atoms with van der Waals surface area (Å²) in [5, 5.41) is 6.41. The van der Waals surface area contributed by atoms with E-state index in [-0.39, 0.29) is 11.9 Å². The fraction of sp³-hybridized carbons (Fsp3) is 0.533. The molecule has 0 saturated heterocycles. The molecule has 3 rings (SSSR count). The average Bonchev–Trinajstić information content (AvgIpc) is 3.03. The van der Waals surface area contributed by atoms with Crippen molar-refractivity contribution in [3.63, 3.8) is 0 Å². The lowest BCUT2D eigenvalue weighted by Gasteiger charge is -2.13. The van der Waals surface area contributed by atoms with Crippen molar-refractivity contribution in [3.05, 3.63) is 29.3 Å². The Kier molecular flexibility index (Phi) is 2.98. The lowest BCUT2D eigenvalue weighted by atomic mass is 10.1. The predicted octanol–water partition coefficient (Wildman–Crippen LogP) is 2.57. The first kappa shape index (κ1) is 11.6. The highest BCUT2D eigenvalue weighted by Crippen LogP contribution is 2.33. The molecule has 2 aliphatic rings. The zero-order valence-electron chi connectivity index (χ0n) is 10.8. The van der Waals surface area contributed by atoms with E-state index in [2.05, 4.69) is 17.6 Å². The molecule has 1 unspecified atom stereocenters. The van der Waals surface area contributed by atoms with Gasteiger partial charge in [-0.3, -0.25) is 4.79 Å². The number of hydrogen-bond donors (Lipinski definition) is 2. The zero-order chi connectivity index (χ0) is 12.5. The molecule has 3 heteroatoms. The molecule has 0 radical (unpaired) electrons. The van der Waals surface area contributed by atoms with Gasteiger partial charge in [-0.05, 0) is 49.4 Å². The first-order chi connectivity index (χ1) is 8.72. The molecule has 1 aromatic rings. The van der Waals surface area contributed by atoms with Gasteiger partial charge < -0.3 is 10.6 Å². The molecule has 1 atom stereocenters. The maximum absolute atomic E-state index is 12.1. The molecule has 2 N–H and O–H groups in total. The van der Waals surface area contributed by atoms with E-state index in [1.165, 1.54) is 24.1 Å². The van der Waals surface area contributed by atoms with Gasteiger partial charge in [-0.25, -0.2) is 0 Å². The van der Waals surface area contributed by atoms with Crippen LogP contribution in [-0.4, -0.2) is 18.5 Å². The summed E-state index contributed by atoms with van der Waals surface area (Å²) < 4.78 is 0. The van der Waals surface area contributed by atoms with E-state index in [4.69, 9.17) is 0 Å². The molecule has 96 valence electrons. The van der Waals surface area contributed by atoms with E-state index < -0.39 is 0 Å². The number of fused-ring (bicyclic) bond motifs is 1. The van der Waals surface area contributed by atoms with Crippen molar-refractivity contribution in [2.24, 2.45) is 5.92 Å². The van der Waals surface area contributed by atoms with E-state index in [1.807, 2.05) is 18.2 Å². The minimum absolute atomic E-state index is 0.0675. The Labute approximate surface area is 108 Å². The van der Waals surface area contributed by atoms with Gasteiger partial charge in [0, 0.05) is 23.8 Å².